The Morgan fingerprint density at radius 1 is 0.935 bits per heavy atom. The molecule has 4 aromatic rings. The van der Waals surface area contributed by atoms with Gasteiger partial charge in [-0.15, -0.1) is 0 Å². The van der Waals surface area contributed by atoms with E-state index in [0.717, 1.165) is 16.8 Å². The zero-order valence-electron chi connectivity index (χ0n) is 17.9. The molecule has 0 fully saturated rings. The highest BCUT2D eigenvalue weighted by atomic mass is 16.4. The van der Waals surface area contributed by atoms with Gasteiger partial charge in [-0.05, 0) is 57.3 Å². The Hall–Kier alpha value is -3.67. The summed E-state index contributed by atoms with van der Waals surface area (Å²) in [7, 11) is 2.11. The summed E-state index contributed by atoms with van der Waals surface area (Å²) in [4.78, 5) is 11.6. The number of hydrogen-bond acceptors (Lipinski definition) is 5. The van der Waals surface area contributed by atoms with Crippen LogP contribution in [0, 0.1) is 0 Å². The molecule has 0 amide bonds. The zero-order valence-corrected chi connectivity index (χ0v) is 17.9. The summed E-state index contributed by atoms with van der Waals surface area (Å²) in [6, 6.07) is 23.3. The number of fused-ring (bicyclic) bond motifs is 4. The molecule has 152 valence electrons. The SMILES string of the molecule is CC1=Cc2c(oc3ncccc23)N(C)B1N1c2ccccc2N(c2ccccc2)[C@@H]1C. The molecule has 0 spiro atoms. The summed E-state index contributed by atoms with van der Waals surface area (Å²) < 4.78 is 6.21. The lowest BCUT2D eigenvalue weighted by Gasteiger charge is -2.40. The lowest BCUT2D eigenvalue weighted by Crippen LogP contribution is -2.58. The van der Waals surface area contributed by atoms with Gasteiger partial charge in [-0.3, -0.25) is 0 Å². The normalized spacial score (nSPS) is 17.8. The Morgan fingerprint density at radius 3 is 2.48 bits per heavy atom. The van der Waals surface area contributed by atoms with Crippen LogP contribution in [0.25, 0.3) is 17.2 Å². The average Bonchev–Trinajstić information content (AvgIpc) is 3.30. The van der Waals surface area contributed by atoms with Crippen molar-refractivity contribution in [2.24, 2.45) is 0 Å². The third-order valence-corrected chi connectivity index (χ3v) is 6.45. The van der Waals surface area contributed by atoms with Crippen molar-refractivity contribution in [1.29, 1.82) is 0 Å². The van der Waals surface area contributed by atoms with Gasteiger partial charge in [0.05, 0.1) is 17.5 Å². The fraction of sp³-hybridized carbons (Fsp3) is 0.160. The Balaban J connectivity index is 1.49. The van der Waals surface area contributed by atoms with E-state index in [4.69, 9.17) is 4.42 Å². The molecule has 2 aliphatic rings. The highest BCUT2D eigenvalue weighted by molar-refractivity contribution is 6.76. The molecule has 4 heterocycles. The minimum atomic E-state index is 0.0397. The first-order chi connectivity index (χ1) is 15.1. The molecule has 0 saturated carbocycles. The van der Waals surface area contributed by atoms with Crippen molar-refractivity contribution >= 4 is 47.1 Å². The van der Waals surface area contributed by atoms with E-state index in [1.54, 1.807) is 6.20 Å². The summed E-state index contributed by atoms with van der Waals surface area (Å²) in [5.74, 6) is 0.868. The van der Waals surface area contributed by atoms with Crippen molar-refractivity contribution < 1.29 is 4.42 Å². The first-order valence-corrected chi connectivity index (χ1v) is 10.7. The summed E-state index contributed by atoms with van der Waals surface area (Å²) in [5, 5.41) is 1.06. The van der Waals surface area contributed by atoms with Crippen LogP contribution in [0.3, 0.4) is 0 Å². The van der Waals surface area contributed by atoms with E-state index in [9.17, 15) is 0 Å². The number of rotatable bonds is 2. The number of benzene rings is 2. The molecule has 1 atom stereocenters. The van der Waals surface area contributed by atoms with Crippen molar-refractivity contribution in [3.63, 3.8) is 0 Å². The molecule has 0 N–H and O–H groups in total. The van der Waals surface area contributed by atoms with E-state index < -0.39 is 0 Å². The van der Waals surface area contributed by atoms with Gasteiger partial charge >= 0.3 is 6.98 Å². The average molecular weight is 406 g/mol. The van der Waals surface area contributed by atoms with E-state index in [2.05, 4.69) is 107 Å². The molecular formula is C25H23BN4O. The highest BCUT2D eigenvalue weighted by Crippen LogP contribution is 2.47. The maximum Gasteiger partial charge on any atom is 0.410 e. The fourth-order valence-electron chi connectivity index (χ4n) is 5.16. The van der Waals surface area contributed by atoms with Crippen molar-refractivity contribution in [2.75, 3.05) is 21.6 Å². The quantitative estimate of drug-likeness (QED) is 0.399. The molecule has 2 aromatic heterocycles. The number of nitrogens with zero attached hydrogens (tertiary/aromatic N) is 4. The largest absolute Gasteiger partial charge is 0.423 e. The Labute approximate surface area is 182 Å². The first-order valence-electron chi connectivity index (χ1n) is 10.7. The van der Waals surface area contributed by atoms with Crippen LogP contribution in [0.4, 0.5) is 22.9 Å². The number of hydrogen-bond donors (Lipinski definition) is 0. The predicted molar refractivity (Wildman–Crippen MR) is 129 cm³/mol. The van der Waals surface area contributed by atoms with E-state index in [0.29, 0.717) is 5.71 Å². The van der Waals surface area contributed by atoms with Gasteiger partial charge in [0.2, 0.25) is 5.71 Å². The van der Waals surface area contributed by atoms with Gasteiger partial charge in [-0.25, -0.2) is 4.98 Å². The number of para-hydroxylation sites is 3. The van der Waals surface area contributed by atoms with Gasteiger partial charge in [0, 0.05) is 22.8 Å². The van der Waals surface area contributed by atoms with Gasteiger partial charge < -0.3 is 18.9 Å². The van der Waals surface area contributed by atoms with Crippen molar-refractivity contribution in [3.8, 4) is 0 Å². The summed E-state index contributed by atoms with van der Waals surface area (Å²) >= 11 is 0. The van der Waals surface area contributed by atoms with Crippen LogP contribution in [-0.4, -0.2) is 25.2 Å². The molecular weight excluding hydrogens is 383 g/mol. The summed E-state index contributed by atoms with van der Waals surface area (Å²) in [5.41, 5.74) is 6.71. The Kier molecular flexibility index (Phi) is 3.90. The van der Waals surface area contributed by atoms with Crippen LogP contribution in [0.2, 0.25) is 0 Å². The van der Waals surface area contributed by atoms with Crippen LogP contribution in [-0.2, 0) is 0 Å². The number of aromatic nitrogens is 1. The van der Waals surface area contributed by atoms with Gasteiger partial charge in [0.15, 0.2) is 5.88 Å². The van der Waals surface area contributed by atoms with Crippen LogP contribution >= 0.6 is 0 Å². The number of anilines is 4. The van der Waals surface area contributed by atoms with Crippen LogP contribution in [0.5, 0.6) is 0 Å². The van der Waals surface area contributed by atoms with E-state index in [1.165, 1.54) is 22.5 Å². The third kappa shape index (κ3) is 2.54. The molecule has 0 saturated heterocycles. The van der Waals surface area contributed by atoms with Crippen molar-refractivity contribution in [2.45, 2.75) is 20.0 Å². The van der Waals surface area contributed by atoms with Crippen LogP contribution in [0.15, 0.2) is 82.8 Å². The molecule has 0 radical (unpaired) electrons. The molecule has 6 heteroatoms. The molecule has 2 aliphatic heterocycles. The predicted octanol–water partition coefficient (Wildman–Crippen LogP) is 5.71. The van der Waals surface area contributed by atoms with E-state index in [-0.39, 0.29) is 13.1 Å². The minimum Gasteiger partial charge on any atom is -0.423 e. The summed E-state index contributed by atoms with van der Waals surface area (Å²) in [6.45, 7) is 4.52. The summed E-state index contributed by atoms with van der Waals surface area (Å²) in [6.07, 6.45) is 4.18. The molecule has 31 heavy (non-hydrogen) atoms. The number of furan rings is 1. The highest BCUT2D eigenvalue weighted by Gasteiger charge is 2.45. The fourth-order valence-corrected chi connectivity index (χ4v) is 5.16. The second-order valence-corrected chi connectivity index (χ2v) is 8.28. The zero-order chi connectivity index (χ0) is 21.1. The lowest BCUT2D eigenvalue weighted by molar-refractivity contribution is 0.605. The van der Waals surface area contributed by atoms with Gasteiger partial charge in [0.1, 0.15) is 0 Å². The Morgan fingerprint density at radius 2 is 1.68 bits per heavy atom. The Bertz CT molecular complexity index is 1320. The monoisotopic (exact) mass is 406 g/mol. The topological polar surface area (TPSA) is 35.8 Å². The number of pyridine rings is 1. The standard InChI is InChI=1S/C25H23BN4O/c1-17-16-21-20-12-9-15-27-24(20)31-25(21)28(3)26(17)30-18(2)29(19-10-5-4-6-11-19)22-13-7-8-14-23(22)30/h4-16,18H,1-3H3/t18-/m0/s1. The molecule has 6 rings (SSSR count). The smallest absolute Gasteiger partial charge is 0.410 e. The molecule has 2 aromatic carbocycles. The van der Waals surface area contributed by atoms with E-state index in [1.807, 2.05) is 6.07 Å². The second kappa shape index (κ2) is 6.67. The van der Waals surface area contributed by atoms with Gasteiger partial charge in [-0.1, -0.05) is 41.9 Å². The molecule has 0 unspecified atom stereocenters. The molecule has 5 nitrogen and oxygen atoms in total. The lowest BCUT2D eigenvalue weighted by atomic mass is 9.61. The van der Waals surface area contributed by atoms with Gasteiger partial charge in [-0.2, -0.15) is 0 Å². The number of allylic oxidation sites excluding steroid dienone is 1. The van der Waals surface area contributed by atoms with Crippen molar-refractivity contribution in [3.05, 3.63) is 84.0 Å². The third-order valence-electron chi connectivity index (χ3n) is 6.45. The molecule has 0 bridgehead atoms. The molecule has 0 aliphatic carbocycles. The van der Waals surface area contributed by atoms with Gasteiger partial charge in [0.25, 0.3) is 0 Å². The maximum absolute atomic E-state index is 6.21. The van der Waals surface area contributed by atoms with E-state index >= 15 is 0 Å². The first kappa shape index (κ1) is 18.1. The minimum absolute atomic E-state index is 0.0397. The maximum atomic E-state index is 6.21. The second-order valence-electron chi connectivity index (χ2n) is 8.28. The van der Waals surface area contributed by atoms with Crippen molar-refractivity contribution in [1.82, 2.24) is 4.98 Å². The van der Waals surface area contributed by atoms with Crippen LogP contribution < -0.4 is 14.5 Å². The van der Waals surface area contributed by atoms with Crippen LogP contribution in [0.1, 0.15) is 19.4 Å².